The highest BCUT2D eigenvalue weighted by Gasteiger charge is 2.25. The molecule has 3 aromatic rings. The van der Waals surface area contributed by atoms with Crippen molar-refractivity contribution in [1.29, 1.82) is 0 Å². The van der Waals surface area contributed by atoms with Gasteiger partial charge >= 0.3 is 6.09 Å². The van der Waals surface area contributed by atoms with Gasteiger partial charge in [-0.1, -0.05) is 67.6 Å². The summed E-state index contributed by atoms with van der Waals surface area (Å²) in [5, 5.41) is 8.97. The van der Waals surface area contributed by atoms with Crippen LogP contribution < -0.4 is 16.0 Å². The van der Waals surface area contributed by atoms with Gasteiger partial charge in [0.25, 0.3) is 0 Å². The Kier molecular flexibility index (Phi) is 12.2. The van der Waals surface area contributed by atoms with Crippen molar-refractivity contribution in [3.8, 4) is 11.1 Å². The zero-order valence-electron chi connectivity index (χ0n) is 26.9. The summed E-state index contributed by atoms with van der Waals surface area (Å²) in [5.41, 5.74) is 4.70. The number of nitrogens with zero attached hydrogens (tertiary/aromatic N) is 2. The van der Waals surface area contributed by atoms with Crippen LogP contribution in [0, 0.1) is 5.92 Å². The molecule has 0 bridgehead atoms. The molecule has 3 N–H and O–H groups in total. The van der Waals surface area contributed by atoms with E-state index in [9.17, 15) is 14.4 Å². The molecule has 2 heterocycles. The van der Waals surface area contributed by atoms with Gasteiger partial charge in [0, 0.05) is 56.3 Å². The highest BCUT2D eigenvalue weighted by atomic mass is 16.6. The molecule has 244 valence electrons. The molecule has 2 aliphatic rings. The number of piperidine rings is 2. The van der Waals surface area contributed by atoms with E-state index in [1.165, 1.54) is 5.56 Å². The van der Waals surface area contributed by atoms with E-state index in [2.05, 4.69) is 44.8 Å². The van der Waals surface area contributed by atoms with E-state index in [1.807, 2.05) is 66.7 Å². The lowest BCUT2D eigenvalue weighted by Crippen LogP contribution is -2.40. The van der Waals surface area contributed by atoms with Crippen molar-refractivity contribution < 1.29 is 19.1 Å². The molecule has 0 atom stereocenters. The van der Waals surface area contributed by atoms with Gasteiger partial charge < -0.3 is 20.3 Å². The number of benzene rings is 3. The molecule has 0 unspecified atom stereocenters. The van der Waals surface area contributed by atoms with Gasteiger partial charge in [-0.15, -0.1) is 0 Å². The van der Waals surface area contributed by atoms with Crippen molar-refractivity contribution >= 4 is 29.3 Å². The van der Waals surface area contributed by atoms with Gasteiger partial charge in [-0.05, 0) is 74.5 Å². The van der Waals surface area contributed by atoms with Crippen LogP contribution in [0.15, 0.2) is 78.9 Å². The van der Waals surface area contributed by atoms with Gasteiger partial charge in [-0.2, -0.15) is 0 Å². The number of amides is 3. The number of hydrogen-bond acceptors (Lipinski definition) is 6. The predicted molar refractivity (Wildman–Crippen MR) is 182 cm³/mol. The fourth-order valence-electron chi connectivity index (χ4n) is 6.18. The molecule has 2 fully saturated rings. The van der Waals surface area contributed by atoms with Crippen molar-refractivity contribution in [2.45, 2.75) is 58.1 Å². The number of hydrogen-bond donors (Lipinski definition) is 3. The third-order valence-electron chi connectivity index (χ3n) is 8.86. The fraction of sp³-hybridized carbons (Fsp3) is 0.432. The molecule has 46 heavy (non-hydrogen) atoms. The van der Waals surface area contributed by atoms with Crippen molar-refractivity contribution in [3.63, 3.8) is 0 Å². The molecular weight excluding hydrogens is 578 g/mol. The average molecular weight is 626 g/mol. The smallest absolute Gasteiger partial charge is 0.411 e. The van der Waals surface area contributed by atoms with Gasteiger partial charge in [-0.25, -0.2) is 4.79 Å². The number of carbonyl (C=O) groups excluding carboxylic acids is 3. The van der Waals surface area contributed by atoms with Crippen LogP contribution in [0.1, 0.15) is 51.0 Å². The molecule has 3 amide bonds. The third kappa shape index (κ3) is 9.89. The Morgan fingerprint density at radius 2 is 1.46 bits per heavy atom. The number of carbonyl (C=O) groups is 3. The molecule has 0 aromatic heterocycles. The van der Waals surface area contributed by atoms with Crippen LogP contribution in [0.3, 0.4) is 0 Å². The summed E-state index contributed by atoms with van der Waals surface area (Å²) in [6, 6.07) is 25.7. The zero-order chi connectivity index (χ0) is 32.1. The molecule has 3 aromatic carbocycles. The van der Waals surface area contributed by atoms with Crippen LogP contribution >= 0.6 is 0 Å². The second-order valence-corrected chi connectivity index (χ2v) is 12.3. The number of ether oxygens (including phenoxy) is 1. The second-order valence-electron chi connectivity index (χ2n) is 12.3. The Balaban J connectivity index is 0.971. The Hall–Kier alpha value is -4.21. The minimum atomic E-state index is -0.441. The summed E-state index contributed by atoms with van der Waals surface area (Å²) in [4.78, 5) is 42.3. The first kappa shape index (κ1) is 33.2. The van der Waals surface area contributed by atoms with E-state index < -0.39 is 6.09 Å². The van der Waals surface area contributed by atoms with Crippen LogP contribution in [-0.4, -0.2) is 73.1 Å². The second kappa shape index (κ2) is 16.9. The maximum absolute atomic E-state index is 12.7. The third-order valence-corrected chi connectivity index (χ3v) is 8.86. The van der Waals surface area contributed by atoms with E-state index >= 15 is 0 Å². The van der Waals surface area contributed by atoms with E-state index in [0.29, 0.717) is 13.0 Å². The van der Waals surface area contributed by atoms with Crippen molar-refractivity contribution in [1.82, 2.24) is 15.1 Å². The number of likely N-dealkylation sites (tertiary alicyclic amines) is 2. The molecule has 5 rings (SSSR count). The Morgan fingerprint density at radius 1 is 0.783 bits per heavy atom. The van der Waals surface area contributed by atoms with Crippen LogP contribution in [-0.2, 0) is 20.9 Å². The van der Waals surface area contributed by atoms with Crippen LogP contribution in [0.2, 0.25) is 0 Å². The molecule has 0 aliphatic carbocycles. The number of para-hydroxylation sites is 1. The molecule has 0 radical (unpaired) electrons. The molecule has 0 saturated carbocycles. The standard InChI is InChI=1S/C37H47N5O4/c1-2-21-38-36(44)30-16-22-42(23-17-30)27-28-12-14-31(15-13-28)39-35(43)20-26-41-24-18-32(19-25-41)46-37(45)40-34-11-7-6-10-33(34)29-8-4-3-5-9-29/h3-15,30,32H,2,16-27H2,1H3,(H,38,44)(H,39,43)(H,40,45). The number of rotatable bonds is 12. The summed E-state index contributed by atoms with van der Waals surface area (Å²) in [5.74, 6) is 0.313. The highest BCUT2D eigenvalue weighted by molar-refractivity contribution is 5.92. The van der Waals surface area contributed by atoms with Crippen LogP contribution in [0.25, 0.3) is 11.1 Å². The molecule has 9 heteroatoms. The maximum atomic E-state index is 12.7. The lowest BCUT2D eigenvalue weighted by molar-refractivity contribution is -0.126. The zero-order valence-corrected chi connectivity index (χ0v) is 26.9. The Bertz CT molecular complexity index is 1420. The quantitative estimate of drug-likeness (QED) is 0.224. The van der Waals surface area contributed by atoms with E-state index in [1.54, 1.807) is 0 Å². The summed E-state index contributed by atoms with van der Waals surface area (Å²) in [7, 11) is 0. The molecule has 2 aliphatic heterocycles. The van der Waals surface area contributed by atoms with E-state index in [4.69, 9.17) is 4.74 Å². The first-order valence-electron chi connectivity index (χ1n) is 16.7. The van der Waals surface area contributed by atoms with Gasteiger partial charge in [0.2, 0.25) is 11.8 Å². The lowest BCUT2D eigenvalue weighted by Gasteiger charge is -2.31. The molecule has 0 spiro atoms. The first-order valence-corrected chi connectivity index (χ1v) is 16.7. The van der Waals surface area contributed by atoms with Gasteiger partial charge in [-0.3, -0.25) is 19.8 Å². The number of nitrogens with one attached hydrogen (secondary N) is 3. The lowest BCUT2D eigenvalue weighted by atomic mass is 9.95. The van der Waals surface area contributed by atoms with E-state index in [0.717, 1.165) is 93.9 Å². The average Bonchev–Trinajstić information content (AvgIpc) is 3.08. The summed E-state index contributed by atoms with van der Waals surface area (Å²) < 4.78 is 5.75. The fourth-order valence-corrected chi connectivity index (χ4v) is 6.18. The minimum absolute atomic E-state index is 0.00833. The van der Waals surface area contributed by atoms with Crippen LogP contribution in [0.4, 0.5) is 16.2 Å². The van der Waals surface area contributed by atoms with Gasteiger partial charge in [0.05, 0.1) is 5.69 Å². The highest BCUT2D eigenvalue weighted by Crippen LogP contribution is 2.28. The molecular formula is C37H47N5O4. The monoisotopic (exact) mass is 625 g/mol. The van der Waals surface area contributed by atoms with Gasteiger partial charge in [0.1, 0.15) is 6.10 Å². The Labute approximate surface area is 272 Å². The molecule has 2 saturated heterocycles. The molecule has 9 nitrogen and oxygen atoms in total. The van der Waals surface area contributed by atoms with Gasteiger partial charge in [0.15, 0.2) is 0 Å². The number of anilines is 2. The normalized spacial score (nSPS) is 16.5. The summed E-state index contributed by atoms with van der Waals surface area (Å²) in [6.45, 7) is 7.73. The topological polar surface area (TPSA) is 103 Å². The maximum Gasteiger partial charge on any atom is 0.411 e. The predicted octanol–water partition coefficient (Wildman–Crippen LogP) is 6.13. The first-order chi connectivity index (χ1) is 22.5. The van der Waals surface area contributed by atoms with Crippen molar-refractivity contribution in [3.05, 3.63) is 84.4 Å². The minimum Gasteiger partial charge on any atom is -0.446 e. The Morgan fingerprint density at radius 3 is 2.17 bits per heavy atom. The summed E-state index contributed by atoms with van der Waals surface area (Å²) >= 11 is 0. The SMILES string of the molecule is CCCNC(=O)C1CCN(Cc2ccc(NC(=O)CCN3CCC(OC(=O)Nc4ccccc4-c4ccccc4)CC3)cc2)CC1. The van der Waals surface area contributed by atoms with Crippen LogP contribution in [0.5, 0.6) is 0 Å². The van der Waals surface area contributed by atoms with Crippen molar-refractivity contribution in [2.24, 2.45) is 5.92 Å². The summed E-state index contributed by atoms with van der Waals surface area (Å²) in [6.07, 6.45) is 4.05. The largest absolute Gasteiger partial charge is 0.446 e. The van der Waals surface area contributed by atoms with Crippen molar-refractivity contribution in [2.75, 3.05) is 49.9 Å². The van der Waals surface area contributed by atoms with E-state index in [-0.39, 0.29) is 23.8 Å².